The lowest BCUT2D eigenvalue weighted by molar-refractivity contribution is -0.0250. The first-order chi connectivity index (χ1) is 9.52. The number of morpholine rings is 1. The molecule has 2 heterocycles. The molecular weight excluding hydrogens is 322 g/mol. The summed E-state index contributed by atoms with van der Waals surface area (Å²) in [6, 6.07) is -0.0163. The van der Waals surface area contributed by atoms with Gasteiger partial charge < -0.3 is 4.74 Å². The van der Waals surface area contributed by atoms with Gasteiger partial charge in [0.15, 0.2) is 0 Å². The molecule has 20 heavy (non-hydrogen) atoms. The van der Waals surface area contributed by atoms with Gasteiger partial charge in [-0.15, -0.1) is 0 Å². The van der Waals surface area contributed by atoms with Crippen LogP contribution in [0.3, 0.4) is 0 Å². The van der Waals surface area contributed by atoms with Crippen molar-refractivity contribution in [3.8, 4) is 0 Å². The summed E-state index contributed by atoms with van der Waals surface area (Å²) in [6.45, 7) is 10.7. The number of nitrogens with two attached hydrogens (primary N) is 1. The summed E-state index contributed by atoms with van der Waals surface area (Å²) in [6.07, 6.45) is 1.83. The first-order valence-electron chi connectivity index (χ1n) is 7.02. The zero-order valence-electron chi connectivity index (χ0n) is 12.4. The van der Waals surface area contributed by atoms with Crippen molar-refractivity contribution >= 4 is 15.9 Å². The molecule has 3 N–H and O–H groups in total. The molecule has 1 atom stereocenters. The van der Waals surface area contributed by atoms with Crippen molar-refractivity contribution in [2.75, 3.05) is 26.3 Å². The molecule has 1 fully saturated rings. The van der Waals surface area contributed by atoms with Gasteiger partial charge in [0.2, 0.25) is 0 Å². The Kier molecular flexibility index (Phi) is 5.19. The van der Waals surface area contributed by atoms with Gasteiger partial charge in [0.25, 0.3) is 0 Å². The predicted octanol–water partition coefficient (Wildman–Crippen LogP) is 1.28. The number of rotatable bonds is 5. The van der Waals surface area contributed by atoms with E-state index in [1.165, 1.54) is 0 Å². The van der Waals surface area contributed by atoms with Crippen LogP contribution in [0.4, 0.5) is 0 Å². The van der Waals surface area contributed by atoms with Gasteiger partial charge in [-0.3, -0.25) is 15.4 Å². The van der Waals surface area contributed by atoms with Crippen molar-refractivity contribution in [1.82, 2.24) is 20.1 Å². The van der Waals surface area contributed by atoms with Crippen LogP contribution in [0.2, 0.25) is 0 Å². The molecule has 6 nitrogen and oxygen atoms in total. The molecule has 1 aromatic heterocycles. The maximum atomic E-state index is 5.88. The second-order valence-electron chi connectivity index (χ2n) is 5.55. The van der Waals surface area contributed by atoms with E-state index in [0.717, 1.165) is 43.0 Å². The standard InChI is InChI=1S/C13H24BrN5O/c1-4-19-11(10(14)9-16-19)12(17-15)13(2,3)18-5-7-20-8-6-18/h9,12,17H,4-8,15H2,1-3H3. The third kappa shape index (κ3) is 2.92. The molecule has 0 saturated carbocycles. The van der Waals surface area contributed by atoms with Gasteiger partial charge in [0, 0.05) is 25.2 Å². The van der Waals surface area contributed by atoms with Gasteiger partial charge in [-0.25, -0.2) is 5.43 Å². The maximum absolute atomic E-state index is 5.88. The minimum atomic E-state index is -0.131. The second kappa shape index (κ2) is 6.53. The molecule has 2 rings (SSSR count). The zero-order chi connectivity index (χ0) is 14.8. The molecule has 1 aliphatic heterocycles. The van der Waals surface area contributed by atoms with Crippen LogP contribution in [0.5, 0.6) is 0 Å². The van der Waals surface area contributed by atoms with Crippen molar-refractivity contribution in [3.63, 3.8) is 0 Å². The first-order valence-corrected chi connectivity index (χ1v) is 7.81. The van der Waals surface area contributed by atoms with Gasteiger partial charge in [-0.05, 0) is 36.7 Å². The van der Waals surface area contributed by atoms with Gasteiger partial charge in [-0.1, -0.05) is 0 Å². The molecule has 0 aliphatic carbocycles. The number of ether oxygens (including phenoxy) is 1. The minimum Gasteiger partial charge on any atom is -0.379 e. The fraction of sp³-hybridized carbons (Fsp3) is 0.769. The Balaban J connectivity index is 2.32. The highest BCUT2D eigenvalue weighted by Crippen LogP contribution is 2.34. The number of halogens is 1. The third-order valence-electron chi connectivity index (χ3n) is 4.11. The molecule has 0 aromatic carbocycles. The van der Waals surface area contributed by atoms with E-state index in [9.17, 15) is 0 Å². The van der Waals surface area contributed by atoms with Gasteiger partial charge >= 0.3 is 0 Å². The van der Waals surface area contributed by atoms with E-state index >= 15 is 0 Å². The highest BCUT2D eigenvalue weighted by Gasteiger charge is 2.39. The maximum Gasteiger partial charge on any atom is 0.0818 e. The van der Waals surface area contributed by atoms with Crippen molar-refractivity contribution in [1.29, 1.82) is 0 Å². The molecule has 1 aliphatic rings. The molecule has 1 aromatic rings. The third-order valence-corrected chi connectivity index (χ3v) is 4.72. The number of nitrogens with one attached hydrogen (secondary N) is 1. The molecule has 7 heteroatoms. The van der Waals surface area contributed by atoms with Crippen LogP contribution in [0, 0.1) is 0 Å². The summed E-state index contributed by atoms with van der Waals surface area (Å²) in [4.78, 5) is 2.42. The smallest absolute Gasteiger partial charge is 0.0818 e. The summed E-state index contributed by atoms with van der Waals surface area (Å²) >= 11 is 3.59. The van der Waals surface area contributed by atoms with Gasteiger partial charge in [-0.2, -0.15) is 5.10 Å². The molecule has 114 valence electrons. The Morgan fingerprint density at radius 2 is 2.15 bits per heavy atom. The Hall–Kier alpha value is -0.470. The van der Waals surface area contributed by atoms with Crippen molar-refractivity contribution < 1.29 is 4.74 Å². The molecule has 1 unspecified atom stereocenters. The van der Waals surface area contributed by atoms with Crippen molar-refractivity contribution in [2.45, 2.75) is 38.9 Å². The van der Waals surface area contributed by atoms with Crippen LogP contribution in [-0.2, 0) is 11.3 Å². The van der Waals surface area contributed by atoms with Gasteiger partial charge in [0.05, 0.1) is 35.6 Å². The summed E-state index contributed by atoms with van der Waals surface area (Å²) in [5, 5.41) is 4.39. The Bertz CT molecular complexity index is 442. The quantitative estimate of drug-likeness (QED) is 0.621. The summed E-state index contributed by atoms with van der Waals surface area (Å²) in [5.41, 5.74) is 3.94. The molecule has 0 amide bonds. The summed E-state index contributed by atoms with van der Waals surface area (Å²) in [5.74, 6) is 5.88. The van der Waals surface area contributed by atoms with E-state index in [1.807, 2.05) is 10.9 Å². The number of aryl methyl sites for hydroxylation is 1. The molecular formula is C13H24BrN5O. The van der Waals surface area contributed by atoms with E-state index < -0.39 is 0 Å². The van der Waals surface area contributed by atoms with Crippen LogP contribution in [0.25, 0.3) is 0 Å². The Labute approximate surface area is 128 Å². The van der Waals surface area contributed by atoms with E-state index in [-0.39, 0.29) is 11.6 Å². The average molecular weight is 346 g/mol. The lowest BCUT2D eigenvalue weighted by atomic mass is 9.89. The monoisotopic (exact) mass is 345 g/mol. The van der Waals surface area contributed by atoms with E-state index in [1.54, 1.807) is 0 Å². The number of nitrogens with zero attached hydrogens (tertiary/aromatic N) is 3. The normalized spacial score (nSPS) is 19.2. The van der Waals surface area contributed by atoms with Crippen LogP contribution in [-0.4, -0.2) is 46.5 Å². The number of hydrazine groups is 1. The lowest BCUT2D eigenvalue weighted by Crippen LogP contribution is -2.57. The number of hydrogen-bond acceptors (Lipinski definition) is 5. The zero-order valence-corrected chi connectivity index (χ0v) is 14.0. The molecule has 1 saturated heterocycles. The topological polar surface area (TPSA) is 68.3 Å². The first kappa shape index (κ1) is 15.9. The number of aromatic nitrogens is 2. The van der Waals surface area contributed by atoms with Crippen molar-refractivity contribution in [2.24, 2.45) is 5.84 Å². The minimum absolute atomic E-state index is 0.0163. The SMILES string of the molecule is CCn1ncc(Br)c1C(NN)C(C)(C)N1CCOCC1. The Morgan fingerprint density at radius 1 is 1.50 bits per heavy atom. The van der Waals surface area contributed by atoms with E-state index in [0.29, 0.717) is 0 Å². The average Bonchev–Trinajstić information content (AvgIpc) is 2.82. The summed E-state index contributed by atoms with van der Waals surface area (Å²) in [7, 11) is 0. The highest BCUT2D eigenvalue weighted by atomic mass is 79.9. The van der Waals surface area contributed by atoms with Crippen LogP contribution in [0.15, 0.2) is 10.7 Å². The number of hydrogen-bond donors (Lipinski definition) is 2. The van der Waals surface area contributed by atoms with Crippen LogP contribution < -0.4 is 11.3 Å². The lowest BCUT2D eigenvalue weighted by Gasteiger charge is -2.45. The molecule has 0 spiro atoms. The largest absolute Gasteiger partial charge is 0.379 e. The summed E-state index contributed by atoms with van der Waals surface area (Å²) < 4.78 is 8.42. The van der Waals surface area contributed by atoms with E-state index in [4.69, 9.17) is 10.6 Å². The highest BCUT2D eigenvalue weighted by molar-refractivity contribution is 9.10. The van der Waals surface area contributed by atoms with Crippen molar-refractivity contribution in [3.05, 3.63) is 16.4 Å². The van der Waals surface area contributed by atoms with Crippen LogP contribution >= 0.6 is 15.9 Å². The Morgan fingerprint density at radius 3 is 2.70 bits per heavy atom. The predicted molar refractivity (Wildman–Crippen MR) is 82.1 cm³/mol. The van der Waals surface area contributed by atoms with E-state index in [2.05, 4.69) is 52.1 Å². The fourth-order valence-corrected chi connectivity index (χ4v) is 3.38. The van der Waals surface area contributed by atoms with Crippen LogP contribution in [0.1, 0.15) is 32.5 Å². The fourth-order valence-electron chi connectivity index (χ4n) is 2.85. The molecule has 0 bridgehead atoms. The second-order valence-corrected chi connectivity index (χ2v) is 6.40. The molecule has 0 radical (unpaired) electrons. The van der Waals surface area contributed by atoms with Gasteiger partial charge in [0.1, 0.15) is 0 Å².